The minimum Gasteiger partial charge on any atom is -0.329 e. The third-order valence-corrected chi connectivity index (χ3v) is 6.29. The van der Waals surface area contributed by atoms with Gasteiger partial charge in [-0.3, -0.25) is 14.2 Å². The van der Waals surface area contributed by atoms with Crippen LogP contribution in [0.5, 0.6) is 0 Å². The van der Waals surface area contributed by atoms with Gasteiger partial charge in [0.15, 0.2) is 0 Å². The van der Waals surface area contributed by atoms with Crippen molar-refractivity contribution in [2.45, 2.75) is 19.9 Å². The summed E-state index contributed by atoms with van der Waals surface area (Å²) in [4.78, 5) is 33.4. The molecule has 0 N–H and O–H groups in total. The van der Waals surface area contributed by atoms with Crippen molar-refractivity contribution in [2.24, 2.45) is 0 Å². The second kappa shape index (κ2) is 9.56. The third-order valence-electron chi connectivity index (χ3n) is 5.49. The largest absolute Gasteiger partial charge is 0.329 e. The van der Waals surface area contributed by atoms with Crippen LogP contribution in [0.1, 0.15) is 36.1 Å². The molecule has 0 spiro atoms. The van der Waals surface area contributed by atoms with Crippen LogP contribution in [0, 0.1) is 0 Å². The molecule has 0 saturated carbocycles. The molecule has 33 heavy (non-hydrogen) atoms. The van der Waals surface area contributed by atoms with E-state index in [2.05, 4.69) is 0 Å². The van der Waals surface area contributed by atoms with E-state index in [9.17, 15) is 9.59 Å². The summed E-state index contributed by atoms with van der Waals surface area (Å²) in [5.74, 6) is 0.151. The van der Waals surface area contributed by atoms with E-state index in [1.54, 1.807) is 59.5 Å². The van der Waals surface area contributed by atoms with Gasteiger partial charge >= 0.3 is 0 Å². The molecule has 1 atom stereocenters. The molecule has 0 aliphatic rings. The summed E-state index contributed by atoms with van der Waals surface area (Å²) in [7, 11) is 0. The van der Waals surface area contributed by atoms with E-state index in [-0.39, 0.29) is 16.5 Å². The summed E-state index contributed by atoms with van der Waals surface area (Å²) in [6.45, 7) is 4.08. The van der Waals surface area contributed by atoms with Crippen molar-refractivity contribution in [3.8, 4) is 5.69 Å². The quantitative estimate of drug-likeness (QED) is 0.311. The van der Waals surface area contributed by atoms with Gasteiger partial charge in [0.25, 0.3) is 11.5 Å². The molecule has 4 aromatic rings. The summed E-state index contributed by atoms with van der Waals surface area (Å²) < 4.78 is 1.53. The minimum absolute atomic E-state index is 0.224. The number of hydrogen-bond donors (Lipinski definition) is 0. The molecule has 1 aromatic heterocycles. The fraction of sp³-hybridized carbons (Fsp3) is 0.160. The first kappa shape index (κ1) is 23.3. The van der Waals surface area contributed by atoms with Crippen LogP contribution in [0.15, 0.2) is 71.5 Å². The fourth-order valence-electron chi connectivity index (χ4n) is 3.82. The number of carbonyl (C=O) groups is 1. The van der Waals surface area contributed by atoms with Gasteiger partial charge in [-0.2, -0.15) is 0 Å². The Kier molecular flexibility index (Phi) is 6.75. The molecule has 168 valence electrons. The number of hydrogen-bond acceptors (Lipinski definition) is 3. The lowest BCUT2D eigenvalue weighted by molar-refractivity contribution is 0.0693. The highest BCUT2D eigenvalue weighted by Gasteiger charge is 2.27. The van der Waals surface area contributed by atoms with Gasteiger partial charge in [-0.1, -0.05) is 46.9 Å². The number of carbonyl (C=O) groups excluding carboxylic acids is 1. The van der Waals surface area contributed by atoms with E-state index in [1.165, 1.54) is 10.6 Å². The van der Waals surface area contributed by atoms with Crippen LogP contribution < -0.4 is 5.56 Å². The Balaban J connectivity index is 1.89. The van der Waals surface area contributed by atoms with Gasteiger partial charge in [-0.25, -0.2) is 4.98 Å². The minimum atomic E-state index is -0.540. The molecule has 0 aliphatic carbocycles. The molecular weight excluding hydrogens is 481 g/mol. The number of halogens is 3. The predicted octanol–water partition coefficient (Wildman–Crippen LogP) is 6.57. The fourth-order valence-corrected chi connectivity index (χ4v) is 4.44. The number of para-hydroxylation sites is 1. The number of rotatable bonds is 5. The maximum absolute atomic E-state index is 13.5. The lowest BCUT2D eigenvalue weighted by Gasteiger charge is -2.30. The Labute approximate surface area is 206 Å². The van der Waals surface area contributed by atoms with E-state index in [0.717, 1.165) is 0 Å². The van der Waals surface area contributed by atoms with E-state index in [0.29, 0.717) is 44.6 Å². The lowest BCUT2D eigenvalue weighted by Crippen LogP contribution is -2.37. The van der Waals surface area contributed by atoms with Crippen molar-refractivity contribution in [1.29, 1.82) is 0 Å². The van der Waals surface area contributed by atoms with Crippen molar-refractivity contribution < 1.29 is 4.79 Å². The van der Waals surface area contributed by atoms with Gasteiger partial charge < -0.3 is 4.90 Å². The van der Waals surface area contributed by atoms with Crippen LogP contribution in [-0.2, 0) is 0 Å². The molecule has 1 amide bonds. The Morgan fingerprint density at radius 1 is 1.00 bits per heavy atom. The second-order valence-corrected chi connectivity index (χ2v) is 8.78. The van der Waals surface area contributed by atoms with Gasteiger partial charge in [0, 0.05) is 16.6 Å². The van der Waals surface area contributed by atoms with Gasteiger partial charge in [0.05, 0.1) is 33.2 Å². The summed E-state index contributed by atoms with van der Waals surface area (Å²) >= 11 is 18.4. The monoisotopic (exact) mass is 499 g/mol. The van der Waals surface area contributed by atoms with Crippen molar-refractivity contribution in [2.75, 3.05) is 6.54 Å². The highest BCUT2D eigenvalue weighted by Crippen LogP contribution is 2.28. The molecule has 8 heteroatoms. The zero-order valence-electron chi connectivity index (χ0n) is 17.9. The maximum Gasteiger partial charge on any atom is 0.266 e. The molecule has 0 saturated heterocycles. The van der Waals surface area contributed by atoms with Gasteiger partial charge in [-0.15, -0.1) is 0 Å². The normalized spacial score (nSPS) is 12.0. The van der Waals surface area contributed by atoms with E-state index in [1.807, 2.05) is 19.9 Å². The van der Waals surface area contributed by atoms with Crippen LogP contribution in [0.3, 0.4) is 0 Å². The van der Waals surface area contributed by atoms with Crippen LogP contribution in [-0.4, -0.2) is 26.9 Å². The van der Waals surface area contributed by atoms with Crippen molar-refractivity contribution in [3.05, 3.63) is 104 Å². The van der Waals surface area contributed by atoms with Crippen molar-refractivity contribution >= 4 is 51.6 Å². The Bertz CT molecular complexity index is 1400. The lowest BCUT2D eigenvalue weighted by atomic mass is 10.1. The topological polar surface area (TPSA) is 55.2 Å². The molecule has 1 unspecified atom stereocenters. The predicted molar refractivity (Wildman–Crippen MR) is 134 cm³/mol. The number of amides is 1. The molecule has 0 radical (unpaired) electrons. The average Bonchev–Trinajstić information content (AvgIpc) is 2.80. The Morgan fingerprint density at radius 3 is 2.33 bits per heavy atom. The molecule has 1 heterocycles. The summed E-state index contributed by atoms with van der Waals surface area (Å²) in [5, 5.41) is 1.75. The van der Waals surface area contributed by atoms with Crippen LogP contribution >= 0.6 is 34.8 Å². The number of benzene rings is 3. The van der Waals surface area contributed by atoms with Crippen molar-refractivity contribution in [1.82, 2.24) is 14.5 Å². The highest BCUT2D eigenvalue weighted by atomic mass is 35.5. The number of fused-ring (bicyclic) bond motifs is 1. The summed E-state index contributed by atoms with van der Waals surface area (Å²) in [5.41, 5.74) is 1.27. The zero-order valence-corrected chi connectivity index (χ0v) is 20.2. The van der Waals surface area contributed by atoms with Gasteiger partial charge in [0.1, 0.15) is 5.82 Å². The zero-order chi connectivity index (χ0) is 23.7. The molecule has 0 fully saturated rings. The van der Waals surface area contributed by atoms with E-state index < -0.39 is 6.04 Å². The van der Waals surface area contributed by atoms with E-state index in [4.69, 9.17) is 39.8 Å². The average molecular weight is 501 g/mol. The van der Waals surface area contributed by atoms with Crippen LogP contribution in [0.4, 0.5) is 0 Å². The van der Waals surface area contributed by atoms with E-state index >= 15 is 0 Å². The van der Waals surface area contributed by atoms with Gasteiger partial charge in [-0.05, 0) is 68.4 Å². The second-order valence-electron chi connectivity index (χ2n) is 7.50. The third kappa shape index (κ3) is 4.49. The SMILES string of the molecule is CCN(C(=O)c1ccc(Cl)cc1Cl)C(C)c1nc2ccccc2c(=O)n1-c1ccc(Cl)cc1. The molecule has 4 rings (SSSR count). The maximum atomic E-state index is 13.5. The van der Waals surface area contributed by atoms with Crippen molar-refractivity contribution in [3.63, 3.8) is 0 Å². The molecule has 3 aromatic carbocycles. The first-order valence-electron chi connectivity index (χ1n) is 10.4. The Hall–Kier alpha value is -2.86. The molecule has 0 aliphatic heterocycles. The molecular formula is C25H20Cl3N3O2. The summed E-state index contributed by atoms with van der Waals surface area (Å²) in [6.07, 6.45) is 0. The van der Waals surface area contributed by atoms with Crippen LogP contribution in [0.25, 0.3) is 16.6 Å². The summed E-state index contributed by atoms with van der Waals surface area (Å²) in [6, 6.07) is 18.3. The number of nitrogens with zero attached hydrogens (tertiary/aromatic N) is 3. The first-order chi connectivity index (χ1) is 15.8. The molecule has 5 nitrogen and oxygen atoms in total. The van der Waals surface area contributed by atoms with Gasteiger partial charge in [0.2, 0.25) is 0 Å². The first-order valence-corrected chi connectivity index (χ1v) is 11.5. The smallest absolute Gasteiger partial charge is 0.266 e. The molecule has 0 bridgehead atoms. The Morgan fingerprint density at radius 2 is 1.67 bits per heavy atom. The van der Waals surface area contributed by atoms with Crippen LogP contribution in [0.2, 0.25) is 15.1 Å². The standard InChI is InChI=1S/C25H20Cl3N3O2/c1-3-30(24(32)19-13-10-17(27)14-21(19)28)15(2)23-29-22-7-5-4-6-20(22)25(33)31(23)18-11-8-16(26)9-12-18/h4-15H,3H2,1-2H3. The highest BCUT2D eigenvalue weighted by molar-refractivity contribution is 6.36. The number of aromatic nitrogens is 2.